The summed E-state index contributed by atoms with van der Waals surface area (Å²) in [7, 11) is 0. The molecule has 3 aromatic carbocycles. The SMILES string of the molecule is CCCCN(CCCC)c1ccc2cc(/C=C/c3cc[n+](CCO)c4ccccc34)ccc2c1.[Cl-]. The number of unbranched alkanes of at least 4 members (excludes halogenated alkanes) is 2. The third-order valence-corrected chi connectivity index (χ3v) is 6.53. The van der Waals surface area contributed by atoms with E-state index in [1.807, 2.05) is 6.07 Å². The smallest absolute Gasteiger partial charge is 0.213 e. The topological polar surface area (TPSA) is 27.4 Å². The number of halogens is 1. The summed E-state index contributed by atoms with van der Waals surface area (Å²) < 4.78 is 2.10. The van der Waals surface area contributed by atoms with E-state index >= 15 is 0 Å². The van der Waals surface area contributed by atoms with Crippen molar-refractivity contribution < 1.29 is 22.1 Å². The van der Waals surface area contributed by atoms with Crippen molar-refractivity contribution in [3.8, 4) is 0 Å². The normalized spacial score (nSPS) is 11.3. The van der Waals surface area contributed by atoms with E-state index in [1.54, 1.807) is 0 Å². The van der Waals surface area contributed by atoms with Crippen LogP contribution in [-0.2, 0) is 6.54 Å². The number of pyridine rings is 1. The van der Waals surface area contributed by atoms with Gasteiger partial charge >= 0.3 is 0 Å². The molecule has 184 valence electrons. The number of rotatable bonds is 11. The average Bonchev–Trinajstić information content (AvgIpc) is 2.88. The largest absolute Gasteiger partial charge is 1.00 e. The van der Waals surface area contributed by atoms with E-state index in [4.69, 9.17) is 0 Å². The molecule has 1 aromatic heterocycles. The Morgan fingerprint density at radius 2 is 1.54 bits per heavy atom. The summed E-state index contributed by atoms with van der Waals surface area (Å²) in [5, 5.41) is 13.1. The summed E-state index contributed by atoms with van der Waals surface area (Å²) in [6.07, 6.45) is 11.4. The number of fused-ring (bicyclic) bond motifs is 2. The molecule has 4 rings (SSSR count). The summed E-state index contributed by atoms with van der Waals surface area (Å²) in [6, 6.07) is 24.1. The quantitative estimate of drug-likeness (QED) is 0.325. The predicted octanol–water partition coefficient (Wildman–Crippen LogP) is 3.85. The summed E-state index contributed by atoms with van der Waals surface area (Å²) >= 11 is 0. The molecular weight excluding hydrogens is 452 g/mol. The molecule has 1 heterocycles. The van der Waals surface area contributed by atoms with Crippen LogP contribution in [0.1, 0.15) is 50.7 Å². The zero-order valence-corrected chi connectivity index (χ0v) is 21.7. The maximum absolute atomic E-state index is 9.37. The van der Waals surface area contributed by atoms with Crippen LogP contribution in [0, 0.1) is 0 Å². The number of aliphatic hydroxyl groups is 1. The molecule has 4 heteroatoms. The van der Waals surface area contributed by atoms with Gasteiger partial charge < -0.3 is 22.4 Å². The summed E-state index contributed by atoms with van der Waals surface area (Å²) in [4.78, 5) is 2.55. The van der Waals surface area contributed by atoms with Crippen molar-refractivity contribution in [1.29, 1.82) is 0 Å². The molecule has 1 N–H and O–H groups in total. The number of aromatic nitrogens is 1. The molecule has 0 radical (unpaired) electrons. The van der Waals surface area contributed by atoms with Crippen molar-refractivity contribution in [2.75, 3.05) is 24.6 Å². The molecule has 3 nitrogen and oxygen atoms in total. The van der Waals surface area contributed by atoms with Crippen molar-refractivity contribution in [3.63, 3.8) is 0 Å². The van der Waals surface area contributed by atoms with E-state index in [9.17, 15) is 5.11 Å². The highest BCUT2D eigenvalue weighted by molar-refractivity contribution is 5.91. The van der Waals surface area contributed by atoms with Crippen molar-refractivity contribution in [1.82, 2.24) is 0 Å². The van der Waals surface area contributed by atoms with E-state index in [0.29, 0.717) is 6.54 Å². The van der Waals surface area contributed by atoms with Gasteiger partial charge in [-0.25, -0.2) is 0 Å². The van der Waals surface area contributed by atoms with Crippen molar-refractivity contribution >= 4 is 39.5 Å². The van der Waals surface area contributed by atoms with Gasteiger partial charge in [-0.05, 0) is 59.0 Å². The number of aliphatic hydroxyl groups excluding tert-OH is 1. The molecule has 0 spiro atoms. The lowest BCUT2D eigenvalue weighted by molar-refractivity contribution is -0.672. The van der Waals surface area contributed by atoms with Crippen LogP contribution < -0.4 is 21.9 Å². The van der Waals surface area contributed by atoms with E-state index in [2.05, 4.69) is 102 Å². The number of hydrogen-bond acceptors (Lipinski definition) is 2. The monoisotopic (exact) mass is 488 g/mol. The standard InChI is InChI=1S/C31H37N2O.ClH/c1-3-5-18-32(19-6-4-2)29-16-15-27-23-25(12-14-28(27)24-29)11-13-26-17-20-33(21-22-34)31-10-8-7-9-30(26)31;/h7-17,20,23-24,34H,3-6,18-19,21-22H2,1-2H3;1H/q+1;/p-1. The van der Waals surface area contributed by atoms with Gasteiger partial charge in [0.1, 0.15) is 6.61 Å². The molecule has 0 saturated carbocycles. The molecule has 0 fully saturated rings. The zero-order valence-electron chi connectivity index (χ0n) is 21.0. The minimum Gasteiger partial charge on any atom is -1.00 e. The van der Waals surface area contributed by atoms with Crippen LogP contribution in [0.2, 0.25) is 0 Å². The van der Waals surface area contributed by atoms with Gasteiger partial charge in [0.15, 0.2) is 12.7 Å². The Kier molecular flexibility index (Phi) is 10.1. The lowest BCUT2D eigenvalue weighted by Gasteiger charge is -2.25. The van der Waals surface area contributed by atoms with Gasteiger partial charge in [0.25, 0.3) is 0 Å². The molecule has 0 saturated heterocycles. The van der Waals surface area contributed by atoms with Gasteiger partial charge in [0.2, 0.25) is 5.52 Å². The first kappa shape index (κ1) is 26.7. The second-order valence-electron chi connectivity index (χ2n) is 9.02. The molecule has 0 aliphatic carbocycles. The second-order valence-corrected chi connectivity index (χ2v) is 9.02. The third-order valence-electron chi connectivity index (χ3n) is 6.53. The lowest BCUT2D eigenvalue weighted by atomic mass is 10.0. The minimum atomic E-state index is 0. The molecule has 0 unspecified atom stereocenters. The second kappa shape index (κ2) is 13.3. The van der Waals surface area contributed by atoms with Gasteiger partial charge in [-0.2, -0.15) is 4.57 Å². The first-order chi connectivity index (χ1) is 16.7. The summed E-state index contributed by atoms with van der Waals surface area (Å²) in [6.45, 7) is 7.53. The zero-order chi connectivity index (χ0) is 23.8. The maximum Gasteiger partial charge on any atom is 0.213 e. The van der Waals surface area contributed by atoms with E-state index in [0.717, 1.165) is 18.6 Å². The van der Waals surface area contributed by atoms with E-state index in [1.165, 1.54) is 58.7 Å². The lowest BCUT2D eigenvalue weighted by Crippen LogP contribution is -3.00. The Morgan fingerprint density at radius 3 is 2.29 bits per heavy atom. The number of hydrogen-bond donors (Lipinski definition) is 1. The van der Waals surface area contributed by atoms with Crippen LogP contribution in [0.5, 0.6) is 0 Å². The Labute approximate surface area is 216 Å². The van der Waals surface area contributed by atoms with Crippen LogP contribution >= 0.6 is 0 Å². The molecular formula is C31H37ClN2O. The number of para-hydroxylation sites is 1. The van der Waals surface area contributed by atoms with Crippen LogP contribution in [0.25, 0.3) is 33.8 Å². The highest BCUT2D eigenvalue weighted by Crippen LogP contribution is 2.25. The van der Waals surface area contributed by atoms with Gasteiger partial charge in [-0.3, -0.25) is 0 Å². The first-order valence-corrected chi connectivity index (χ1v) is 12.7. The Morgan fingerprint density at radius 1 is 0.829 bits per heavy atom. The summed E-state index contributed by atoms with van der Waals surface area (Å²) in [5.41, 5.74) is 4.86. The highest BCUT2D eigenvalue weighted by Gasteiger charge is 2.10. The highest BCUT2D eigenvalue weighted by atomic mass is 35.5. The van der Waals surface area contributed by atoms with Crippen molar-refractivity contribution in [3.05, 3.63) is 84.1 Å². The molecule has 4 aromatic rings. The fourth-order valence-electron chi connectivity index (χ4n) is 4.56. The number of anilines is 1. The molecule has 0 bridgehead atoms. The van der Waals surface area contributed by atoms with Gasteiger partial charge in [0.05, 0.1) is 5.39 Å². The molecule has 0 aliphatic heterocycles. The summed E-state index contributed by atoms with van der Waals surface area (Å²) in [5.74, 6) is 0. The fourth-order valence-corrected chi connectivity index (χ4v) is 4.56. The number of benzene rings is 3. The minimum absolute atomic E-state index is 0. The van der Waals surface area contributed by atoms with E-state index in [-0.39, 0.29) is 19.0 Å². The molecule has 0 aliphatic rings. The van der Waals surface area contributed by atoms with Crippen LogP contribution in [0.4, 0.5) is 5.69 Å². The van der Waals surface area contributed by atoms with E-state index < -0.39 is 0 Å². The van der Waals surface area contributed by atoms with Crippen molar-refractivity contribution in [2.45, 2.75) is 46.1 Å². The van der Waals surface area contributed by atoms with Gasteiger partial charge in [-0.15, -0.1) is 0 Å². The molecule has 0 amide bonds. The Bertz CT molecular complexity index is 1260. The van der Waals surface area contributed by atoms with Crippen LogP contribution in [0.3, 0.4) is 0 Å². The van der Waals surface area contributed by atoms with Crippen molar-refractivity contribution in [2.24, 2.45) is 0 Å². The molecule has 0 atom stereocenters. The number of nitrogens with zero attached hydrogens (tertiary/aromatic N) is 2. The van der Waals surface area contributed by atoms with Crippen LogP contribution in [0.15, 0.2) is 72.9 Å². The van der Waals surface area contributed by atoms with Gasteiger partial charge in [-0.1, -0.05) is 69.2 Å². The maximum atomic E-state index is 9.37. The first-order valence-electron chi connectivity index (χ1n) is 12.7. The molecule has 35 heavy (non-hydrogen) atoms. The Balaban J connectivity index is 0.00000342. The average molecular weight is 489 g/mol. The van der Waals surface area contributed by atoms with Crippen LogP contribution in [-0.4, -0.2) is 24.8 Å². The predicted molar refractivity (Wildman–Crippen MR) is 146 cm³/mol. The van der Waals surface area contributed by atoms with Gasteiger partial charge in [0, 0.05) is 30.9 Å². The Hall–Kier alpha value is -2.88. The third kappa shape index (κ3) is 6.62. The fraction of sp³-hybridized carbons (Fsp3) is 0.323.